The van der Waals surface area contributed by atoms with Gasteiger partial charge in [0.15, 0.2) is 0 Å². The van der Waals surface area contributed by atoms with Crippen LogP contribution in [0.5, 0.6) is 0 Å². The van der Waals surface area contributed by atoms with Gasteiger partial charge in [0.25, 0.3) is 5.91 Å². The van der Waals surface area contributed by atoms with Crippen molar-refractivity contribution in [2.45, 2.75) is 13.8 Å². The van der Waals surface area contributed by atoms with Crippen molar-refractivity contribution in [3.05, 3.63) is 47.3 Å². The van der Waals surface area contributed by atoms with E-state index >= 15 is 0 Å². The molecule has 0 fully saturated rings. The Morgan fingerprint density at radius 3 is 2.50 bits per heavy atom. The van der Waals surface area contributed by atoms with Crippen LogP contribution in [0.25, 0.3) is 5.69 Å². The van der Waals surface area contributed by atoms with Crippen LogP contribution in [0.15, 0.2) is 30.3 Å². The molecule has 1 heterocycles. The van der Waals surface area contributed by atoms with Crippen LogP contribution in [0.1, 0.15) is 21.7 Å². The van der Waals surface area contributed by atoms with E-state index in [4.69, 9.17) is 5.73 Å². The molecule has 0 saturated heterocycles. The van der Waals surface area contributed by atoms with Crippen molar-refractivity contribution in [1.82, 2.24) is 15.1 Å². The summed E-state index contributed by atoms with van der Waals surface area (Å²) in [5, 5.41) is 6.85. The van der Waals surface area contributed by atoms with Crippen molar-refractivity contribution in [2.75, 3.05) is 6.54 Å². The van der Waals surface area contributed by atoms with E-state index < -0.39 is 5.91 Å². The molecule has 6 nitrogen and oxygen atoms in total. The fourth-order valence-corrected chi connectivity index (χ4v) is 2.05. The standard InChI is InChI=1S/C14H16N4O2/c1-9-13(14(20)16-8-12(15)19)10(2)18(17-9)11-6-4-3-5-7-11/h3-7H,8H2,1-2H3,(H2,15,19)(H,16,20). The number of aryl methyl sites for hydroxylation is 1. The molecule has 0 atom stereocenters. The maximum atomic E-state index is 12.1. The number of primary amides is 1. The number of hydrogen-bond donors (Lipinski definition) is 2. The first-order valence-electron chi connectivity index (χ1n) is 6.19. The van der Waals surface area contributed by atoms with Crippen LogP contribution in [0.4, 0.5) is 0 Å². The lowest BCUT2D eigenvalue weighted by molar-refractivity contribution is -0.117. The van der Waals surface area contributed by atoms with E-state index in [2.05, 4.69) is 10.4 Å². The van der Waals surface area contributed by atoms with E-state index in [9.17, 15) is 9.59 Å². The number of aromatic nitrogens is 2. The summed E-state index contributed by atoms with van der Waals surface area (Å²) < 4.78 is 1.70. The lowest BCUT2D eigenvalue weighted by Gasteiger charge is -2.05. The summed E-state index contributed by atoms with van der Waals surface area (Å²) in [7, 11) is 0. The van der Waals surface area contributed by atoms with Gasteiger partial charge in [0.2, 0.25) is 5.91 Å². The number of carbonyl (C=O) groups is 2. The van der Waals surface area contributed by atoms with E-state index in [1.165, 1.54) is 0 Å². The zero-order valence-corrected chi connectivity index (χ0v) is 11.4. The van der Waals surface area contributed by atoms with Crippen LogP contribution < -0.4 is 11.1 Å². The highest BCUT2D eigenvalue weighted by Crippen LogP contribution is 2.17. The highest BCUT2D eigenvalue weighted by Gasteiger charge is 2.19. The predicted octanol–water partition coefficient (Wildman–Crippen LogP) is 0.704. The maximum Gasteiger partial charge on any atom is 0.255 e. The third-order valence-corrected chi connectivity index (χ3v) is 2.94. The number of carbonyl (C=O) groups excluding carboxylic acids is 2. The molecule has 0 radical (unpaired) electrons. The predicted molar refractivity (Wildman–Crippen MR) is 74.6 cm³/mol. The molecular formula is C14H16N4O2. The number of benzene rings is 1. The van der Waals surface area contributed by atoms with Crippen LogP contribution in [0, 0.1) is 13.8 Å². The molecule has 104 valence electrons. The molecule has 20 heavy (non-hydrogen) atoms. The van der Waals surface area contributed by atoms with Crippen LogP contribution >= 0.6 is 0 Å². The van der Waals surface area contributed by atoms with Gasteiger partial charge in [-0.25, -0.2) is 4.68 Å². The Labute approximate surface area is 116 Å². The van der Waals surface area contributed by atoms with Gasteiger partial charge in [-0.3, -0.25) is 9.59 Å². The Hall–Kier alpha value is -2.63. The number of nitrogens with two attached hydrogens (primary N) is 1. The first-order valence-corrected chi connectivity index (χ1v) is 6.19. The molecule has 6 heteroatoms. The Kier molecular flexibility index (Phi) is 3.84. The molecule has 2 aromatic rings. The van der Waals surface area contributed by atoms with Crippen molar-refractivity contribution in [2.24, 2.45) is 5.73 Å². The van der Waals surface area contributed by atoms with Crippen molar-refractivity contribution in [1.29, 1.82) is 0 Å². The van der Waals surface area contributed by atoms with E-state index in [0.29, 0.717) is 11.3 Å². The summed E-state index contributed by atoms with van der Waals surface area (Å²) in [6.07, 6.45) is 0. The minimum atomic E-state index is -0.580. The van der Waals surface area contributed by atoms with Gasteiger partial charge in [0, 0.05) is 0 Å². The summed E-state index contributed by atoms with van der Waals surface area (Å²) in [5.74, 6) is -0.926. The van der Waals surface area contributed by atoms with Crippen LogP contribution in [-0.2, 0) is 4.79 Å². The molecule has 0 aliphatic carbocycles. The Balaban J connectivity index is 2.34. The van der Waals surface area contributed by atoms with Gasteiger partial charge in [0.05, 0.1) is 29.2 Å². The number of rotatable bonds is 4. The summed E-state index contributed by atoms with van der Waals surface area (Å²) in [6.45, 7) is 3.38. The van der Waals surface area contributed by atoms with Crippen LogP contribution in [0.2, 0.25) is 0 Å². The van der Waals surface area contributed by atoms with Gasteiger partial charge in [-0.1, -0.05) is 18.2 Å². The highest BCUT2D eigenvalue weighted by atomic mass is 16.2. The SMILES string of the molecule is Cc1nn(-c2ccccc2)c(C)c1C(=O)NCC(N)=O. The first kappa shape index (κ1) is 13.8. The fraction of sp³-hybridized carbons (Fsp3) is 0.214. The average Bonchev–Trinajstić information content (AvgIpc) is 2.72. The van der Waals surface area contributed by atoms with Crippen LogP contribution in [0.3, 0.4) is 0 Å². The number of nitrogens with one attached hydrogen (secondary N) is 1. The lowest BCUT2D eigenvalue weighted by Crippen LogP contribution is -2.33. The minimum Gasteiger partial charge on any atom is -0.368 e. The topological polar surface area (TPSA) is 90.0 Å². The molecule has 1 aromatic carbocycles. The van der Waals surface area contributed by atoms with E-state index in [1.807, 2.05) is 37.3 Å². The molecule has 0 aliphatic heterocycles. The van der Waals surface area contributed by atoms with Gasteiger partial charge in [-0.05, 0) is 26.0 Å². The number of para-hydroxylation sites is 1. The van der Waals surface area contributed by atoms with Crippen molar-refractivity contribution in [3.63, 3.8) is 0 Å². The molecule has 0 spiro atoms. The third kappa shape index (κ3) is 2.69. The molecular weight excluding hydrogens is 256 g/mol. The largest absolute Gasteiger partial charge is 0.368 e. The van der Waals surface area contributed by atoms with Crippen molar-refractivity contribution in [3.8, 4) is 5.69 Å². The summed E-state index contributed by atoms with van der Waals surface area (Å²) in [4.78, 5) is 22.8. The maximum absolute atomic E-state index is 12.1. The molecule has 0 bridgehead atoms. The molecule has 3 N–H and O–H groups in total. The first-order chi connectivity index (χ1) is 9.50. The molecule has 0 unspecified atom stereocenters. The van der Waals surface area contributed by atoms with Crippen molar-refractivity contribution >= 4 is 11.8 Å². The zero-order valence-electron chi connectivity index (χ0n) is 11.4. The van der Waals surface area contributed by atoms with Gasteiger partial charge >= 0.3 is 0 Å². The second-order valence-electron chi connectivity index (χ2n) is 4.44. The number of hydrogen-bond acceptors (Lipinski definition) is 3. The van der Waals surface area contributed by atoms with Gasteiger partial charge in [0.1, 0.15) is 0 Å². The Bertz CT molecular complexity index is 647. The molecule has 0 saturated carbocycles. The second kappa shape index (κ2) is 5.56. The zero-order chi connectivity index (χ0) is 14.7. The van der Waals surface area contributed by atoms with Gasteiger partial charge < -0.3 is 11.1 Å². The molecule has 0 aliphatic rings. The smallest absolute Gasteiger partial charge is 0.255 e. The molecule has 2 rings (SSSR count). The number of amides is 2. The van der Waals surface area contributed by atoms with E-state index in [-0.39, 0.29) is 12.5 Å². The highest BCUT2D eigenvalue weighted by molar-refractivity contribution is 5.98. The van der Waals surface area contributed by atoms with E-state index in [1.54, 1.807) is 11.6 Å². The third-order valence-electron chi connectivity index (χ3n) is 2.94. The van der Waals surface area contributed by atoms with Gasteiger partial charge in [-0.15, -0.1) is 0 Å². The summed E-state index contributed by atoms with van der Waals surface area (Å²) in [6, 6.07) is 9.53. The summed E-state index contributed by atoms with van der Waals surface area (Å²) in [5.41, 5.74) is 7.68. The van der Waals surface area contributed by atoms with Crippen molar-refractivity contribution < 1.29 is 9.59 Å². The van der Waals surface area contributed by atoms with E-state index in [0.717, 1.165) is 11.4 Å². The Morgan fingerprint density at radius 1 is 1.25 bits per heavy atom. The summed E-state index contributed by atoms with van der Waals surface area (Å²) >= 11 is 0. The minimum absolute atomic E-state index is 0.186. The van der Waals surface area contributed by atoms with Crippen LogP contribution in [-0.4, -0.2) is 28.1 Å². The average molecular weight is 272 g/mol. The lowest BCUT2D eigenvalue weighted by atomic mass is 10.2. The second-order valence-corrected chi connectivity index (χ2v) is 4.44. The van der Waals surface area contributed by atoms with Gasteiger partial charge in [-0.2, -0.15) is 5.10 Å². The molecule has 1 aromatic heterocycles. The molecule has 2 amide bonds. The Morgan fingerprint density at radius 2 is 1.90 bits per heavy atom. The normalized spacial score (nSPS) is 10.3. The quantitative estimate of drug-likeness (QED) is 0.858. The number of nitrogens with zero attached hydrogens (tertiary/aromatic N) is 2. The monoisotopic (exact) mass is 272 g/mol. The fourth-order valence-electron chi connectivity index (χ4n) is 2.05.